The molecule has 2 atom stereocenters. The number of carboxylic acid groups (broad SMARTS) is 1. The van der Waals surface area contributed by atoms with Crippen LogP contribution in [0.5, 0.6) is 0 Å². The predicted molar refractivity (Wildman–Crippen MR) is 115 cm³/mol. The number of rotatable bonds is 7. The molecule has 1 amide bonds. The summed E-state index contributed by atoms with van der Waals surface area (Å²) in [4.78, 5) is 35.1. The van der Waals surface area contributed by atoms with Gasteiger partial charge in [0, 0.05) is 33.9 Å². The van der Waals surface area contributed by atoms with Crippen LogP contribution in [-0.4, -0.2) is 55.7 Å². The summed E-state index contributed by atoms with van der Waals surface area (Å²) in [5.41, 5.74) is 1.64. The Balaban J connectivity index is 0.00000256. The minimum Gasteiger partial charge on any atom is -0.862 e. The molecule has 0 radical (unpaired) electrons. The normalized spacial score (nSPS) is 21.2. The van der Waals surface area contributed by atoms with Crippen LogP contribution in [0, 0.1) is 6.92 Å². The number of fused-ring (bicyclic) bond motifs is 1. The van der Waals surface area contributed by atoms with Gasteiger partial charge in [-0.15, -0.1) is 34.4 Å². The van der Waals surface area contributed by atoms with Crippen molar-refractivity contribution in [1.29, 1.82) is 0 Å². The van der Waals surface area contributed by atoms with Gasteiger partial charge in [0.15, 0.2) is 6.04 Å². The Morgan fingerprint density at radius 3 is 2.90 bits per heavy atom. The predicted octanol–water partition coefficient (Wildman–Crippen LogP) is -0.767. The van der Waals surface area contributed by atoms with E-state index in [-0.39, 0.29) is 47.6 Å². The van der Waals surface area contributed by atoms with Crippen LogP contribution in [0.2, 0.25) is 0 Å². The smallest absolute Gasteiger partial charge is 0.862 e. The number of hydrogen-bond acceptors (Lipinski definition) is 9. The second-order valence-corrected chi connectivity index (χ2v) is 10.7. The van der Waals surface area contributed by atoms with Gasteiger partial charge in [-0.3, -0.25) is 14.7 Å². The van der Waals surface area contributed by atoms with Gasteiger partial charge < -0.3 is 10.2 Å². The molecule has 0 spiro atoms. The molecule has 30 heavy (non-hydrogen) atoms. The zero-order chi connectivity index (χ0) is 20.5. The van der Waals surface area contributed by atoms with Gasteiger partial charge in [-0.05, 0) is 29.8 Å². The van der Waals surface area contributed by atoms with E-state index in [1.807, 2.05) is 29.8 Å². The number of carbonyl (C=O) groups is 2. The first-order chi connectivity index (χ1) is 13.9. The van der Waals surface area contributed by atoms with Gasteiger partial charge in [-0.2, -0.15) is 0 Å². The molecule has 2 aliphatic rings. The number of carboxylic acids is 1. The van der Waals surface area contributed by atoms with Crippen LogP contribution in [-0.2, 0) is 16.0 Å². The standard InChI is InChI=1S/C18H17N3O4S4.Na/c1-9-6-28-18(19-9)29-8-10-7-27-16-13(15(23)21(16)14(10)17(24)25)20-12(22)5-11-3-2-4-26-11;/h2-4,6,13,16H,5,7-8H2,1H3,(H,20,22)(H,24,25);/q;+1/p-1/t13-,16-;/m1./s1. The van der Waals surface area contributed by atoms with Crippen LogP contribution in [0.4, 0.5) is 0 Å². The number of aryl methyl sites for hydroxylation is 1. The van der Waals surface area contributed by atoms with Crippen molar-refractivity contribution < 1.29 is 49.4 Å². The Labute approximate surface area is 212 Å². The summed E-state index contributed by atoms with van der Waals surface area (Å²) in [6, 6.07) is 2.90. The van der Waals surface area contributed by atoms with Gasteiger partial charge in [-0.25, -0.2) is 9.78 Å². The third kappa shape index (κ3) is 4.98. The number of hydrogen-bond donors (Lipinski definition) is 1. The van der Waals surface area contributed by atoms with Crippen LogP contribution in [0.3, 0.4) is 0 Å². The SMILES string of the molecule is Cc1csc(SCC2=C(C(=O)O)N3C(=O)[C@@H](N=C([O-])Cc4cccs4)[C@H]3SC2)n1.[Na+]. The molecule has 1 saturated heterocycles. The van der Waals surface area contributed by atoms with Crippen molar-refractivity contribution in [2.45, 2.75) is 29.1 Å². The summed E-state index contributed by atoms with van der Waals surface area (Å²) in [6.45, 7) is 1.91. The molecule has 0 unspecified atom stereocenters. The Kier molecular flexibility index (Phi) is 8.10. The monoisotopic (exact) mass is 489 g/mol. The first kappa shape index (κ1) is 23.8. The van der Waals surface area contributed by atoms with Gasteiger partial charge in [0.25, 0.3) is 5.91 Å². The fraction of sp³-hybridized carbons (Fsp3) is 0.333. The number of thiophene rings is 1. The summed E-state index contributed by atoms with van der Waals surface area (Å²) in [6.07, 6.45) is 0.162. The topological polar surface area (TPSA) is 106 Å². The van der Waals surface area contributed by atoms with E-state index >= 15 is 0 Å². The van der Waals surface area contributed by atoms with Crippen molar-refractivity contribution in [1.82, 2.24) is 9.88 Å². The van der Waals surface area contributed by atoms with Crippen molar-refractivity contribution in [3.05, 3.63) is 44.7 Å². The molecule has 7 nitrogen and oxygen atoms in total. The third-order valence-corrected chi connectivity index (χ3v) is 8.80. The van der Waals surface area contributed by atoms with E-state index < -0.39 is 23.3 Å². The van der Waals surface area contributed by atoms with E-state index in [0.29, 0.717) is 17.1 Å². The molecular formula is C18H16N3NaO4S4. The van der Waals surface area contributed by atoms with Crippen LogP contribution in [0.15, 0.2) is 43.5 Å². The van der Waals surface area contributed by atoms with E-state index in [9.17, 15) is 19.8 Å². The first-order valence-electron chi connectivity index (χ1n) is 8.65. The molecule has 0 saturated carbocycles. The molecule has 4 rings (SSSR count). The number of β-lactam (4-membered cyclic amide) rings is 1. The van der Waals surface area contributed by atoms with Crippen molar-refractivity contribution >= 4 is 64.0 Å². The fourth-order valence-electron chi connectivity index (χ4n) is 3.07. The Morgan fingerprint density at radius 2 is 2.27 bits per heavy atom. The number of nitrogens with zero attached hydrogens (tertiary/aromatic N) is 3. The molecule has 1 N–H and O–H groups in total. The molecule has 2 aromatic rings. The van der Waals surface area contributed by atoms with Crippen molar-refractivity contribution in [2.75, 3.05) is 11.5 Å². The molecule has 2 aliphatic heterocycles. The Hall–Kier alpha value is -0.820. The quantitative estimate of drug-likeness (QED) is 0.179. The van der Waals surface area contributed by atoms with Crippen molar-refractivity contribution in [3.63, 3.8) is 0 Å². The second-order valence-electron chi connectivity index (χ2n) is 6.43. The second kappa shape index (κ2) is 10.2. The maximum Gasteiger partial charge on any atom is 1.00 e. The van der Waals surface area contributed by atoms with Crippen molar-refractivity contribution in [2.24, 2.45) is 4.99 Å². The minimum absolute atomic E-state index is 0. The molecule has 4 heterocycles. The molecule has 12 heteroatoms. The maximum absolute atomic E-state index is 12.6. The molecule has 1 fully saturated rings. The number of carbonyl (C=O) groups excluding carboxylic acids is 1. The number of thiazole rings is 1. The molecule has 2 aromatic heterocycles. The first-order valence-corrected chi connectivity index (χ1v) is 12.4. The summed E-state index contributed by atoms with van der Waals surface area (Å²) in [7, 11) is 0. The molecule has 0 aliphatic carbocycles. The van der Waals surface area contributed by atoms with Gasteiger partial charge in [0.2, 0.25) is 0 Å². The number of aliphatic carboxylic acids is 1. The number of thioether (sulfide) groups is 2. The van der Waals surface area contributed by atoms with Crippen LogP contribution < -0.4 is 34.7 Å². The third-order valence-electron chi connectivity index (χ3n) is 4.38. The van der Waals surface area contributed by atoms with Gasteiger partial charge in [0.05, 0.1) is 0 Å². The summed E-state index contributed by atoms with van der Waals surface area (Å²) in [5.74, 6) is -0.965. The fourth-order valence-corrected chi connectivity index (χ4v) is 7.08. The van der Waals surface area contributed by atoms with E-state index in [2.05, 4.69) is 9.98 Å². The van der Waals surface area contributed by atoms with Crippen LogP contribution >= 0.6 is 46.2 Å². The zero-order valence-corrected chi connectivity index (χ0v) is 21.5. The number of aliphatic imine (C=N–C) groups is 1. The van der Waals surface area contributed by atoms with E-state index in [1.165, 1.54) is 51.1 Å². The van der Waals surface area contributed by atoms with E-state index in [0.717, 1.165) is 14.9 Å². The zero-order valence-electron chi connectivity index (χ0n) is 16.2. The average Bonchev–Trinajstić information content (AvgIpc) is 3.35. The van der Waals surface area contributed by atoms with Gasteiger partial charge >= 0.3 is 35.5 Å². The van der Waals surface area contributed by atoms with Crippen molar-refractivity contribution in [3.8, 4) is 0 Å². The molecule has 0 aromatic carbocycles. The maximum atomic E-state index is 12.6. The Bertz CT molecular complexity index is 1010. The van der Waals surface area contributed by atoms with E-state index in [1.54, 1.807) is 0 Å². The van der Waals surface area contributed by atoms with Gasteiger partial charge in [0.1, 0.15) is 15.4 Å². The average molecular weight is 490 g/mol. The molecule has 152 valence electrons. The Morgan fingerprint density at radius 1 is 1.47 bits per heavy atom. The summed E-state index contributed by atoms with van der Waals surface area (Å²) < 4.78 is 0.869. The number of aromatic nitrogens is 1. The van der Waals surface area contributed by atoms with E-state index in [4.69, 9.17) is 0 Å². The minimum atomic E-state index is -1.13. The summed E-state index contributed by atoms with van der Waals surface area (Å²) in [5, 5.41) is 25.3. The van der Waals surface area contributed by atoms with Crippen LogP contribution in [0.1, 0.15) is 10.6 Å². The molecule has 0 bridgehead atoms. The van der Waals surface area contributed by atoms with Gasteiger partial charge in [-0.1, -0.05) is 17.8 Å². The molecular weight excluding hydrogens is 473 g/mol. The van der Waals surface area contributed by atoms with Crippen LogP contribution in [0.25, 0.3) is 0 Å². The summed E-state index contributed by atoms with van der Waals surface area (Å²) >= 11 is 5.90. The number of amides is 1. The largest absolute Gasteiger partial charge is 1.00 e.